The van der Waals surface area contributed by atoms with E-state index in [0.29, 0.717) is 19.4 Å². The first-order chi connectivity index (χ1) is 8.49. The van der Waals surface area contributed by atoms with E-state index in [1.807, 2.05) is 6.92 Å². The summed E-state index contributed by atoms with van der Waals surface area (Å²) in [7, 11) is 0. The predicted octanol–water partition coefficient (Wildman–Crippen LogP) is 1.76. The first-order valence-corrected chi connectivity index (χ1v) is 5.74. The van der Waals surface area contributed by atoms with E-state index in [0.717, 1.165) is 5.56 Å². The molecule has 1 aromatic rings. The zero-order chi connectivity index (χ0) is 13.5. The lowest BCUT2D eigenvalue weighted by atomic mass is 10.1. The largest absolute Gasteiger partial charge is 0.352 e. The molecule has 0 aromatic heterocycles. The minimum Gasteiger partial charge on any atom is -0.352 e. The maximum Gasteiger partial charge on any atom is 0.269 e. The highest BCUT2D eigenvalue weighted by Crippen LogP contribution is 2.11. The van der Waals surface area contributed by atoms with Crippen LogP contribution in [0.5, 0.6) is 0 Å². The van der Waals surface area contributed by atoms with Gasteiger partial charge in [0.2, 0.25) is 5.91 Å². The lowest BCUT2D eigenvalue weighted by Crippen LogP contribution is -2.25. The van der Waals surface area contributed by atoms with E-state index in [1.54, 1.807) is 12.1 Å². The van der Waals surface area contributed by atoms with Gasteiger partial charge in [-0.25, -0.2) is 0 Å². The molecule has 0 saturated heterocycles. The number of benzene rings is 1. The topological polar surface area (TPSA) is 98.3 Å². The van der Waals surface area contributed by atoms with Crippen molar-refractivity contribution in [3.8, 4) is 0 Å². The molecule has 6 nitrogen and oxygen atoms in total. The Morgan fingerprint density at radius 3 is 2.47 bits per heavy atom. The van der Waals surface area contributed by atoms with Gasteiger partial charge < -0.3 is 11.1 Å². The number of nitro groups is 1. The van der Waals surface area contributed by atoms with Crippen LogP contribution in [0.1, 0.15) is 25.3 Å². The molecule has 0 heterocycles. The molecule has 0 radical (unpaired) electrons. The zero-order valence-corrected chi connectivity index (χ0v) is 11.5. The fraction of sp³-hybridized carbons (Fsp3) is 0.417. The Morgan fingerprint density at radius 2 is 2.00 bits per heavy atom. The third kappa shape index (κ3) is 6.73. The van der Waals surface area contributed by atoms with Crippen LogP contribution in [-0.4, -0.2) is 16.9 Å². The summed E-state index contributed by atoms with van der Waals surface area (Å²) < 4.78 is 0. The Balaban J connectivity index is 0.00000324. The number of nitrogens with two attached hydrogens (primary N) is 1. The standard InChI is InChI=1S/C12H17N3O3.ClH/c1-9(13)2-7-12(16)14-8-10-3-5-11(6-4-10)15(17)18;/h3-6,9H,2,7-8,13H2,1H3,(H,14,16);1H. The number of carbonyl (C=O) groups excluding carboxylic acids is 1. The second-order valence-corrected chi connectivity index (χ2v) is 4.22. The highest BCUT2D eigenvalue weighted by atomic mass is 35.5. The maximum absolute atomic E-state index is 11.4. The molecule has 0 fully saturated rings. The molecule has 1 atom stereocenters. The number of amides is 1. The number of hydrogen-bond acceptors (Lipinski definition) is 4. The Kier molecular flexibility index (Phi) is 7.71. The van der Waals surface area contributed by atoms with E-state index in [2.05, 4.69) is 5.32 Å². The van der Waals surface area contributed by atoms with Crippen LogP contribution in [0.3, 0.4) is 0 Å². The number of nitro benzene ring substituents is 1. The Hall–Kier alpha value is -1.66. The van der Waals surface area contributed by atoms with Crippen LogP contribution in [0.25, 0.3) is 0 Å². The molecule has 1 aromatic carbocycles. The van der Waals surface area contributed by atoms with E-state index < -0.39 is 4.92 Å². The van der Waals surface area contributed by atoms with Gasteiger partial charge in [-0.1, -0.05) is 12.1 Å². The third-order valence-corrected chi connectivity index (χ3v) is 2.46. The fourth-order valence-electron chi connectivity index (χ4n) is 1.38. The van der Waals surface area contributed by atoms with Crippen molar-refractivity contribution < 1.29 is 9.72 Å². The van der Waals surface area contributed by atoms with Gasteiger partial charge in [0.15, 0.2) is 0 Å². The van der Waals surface area contributed by atoms with Gasteiger partial charge in [0.25, 0.3) is 5.69 Å². The van der Waals surface area contributed by atoms with Crippen molar-refractivity contribution >= 4 is 24.0 Å². The van der Waals surface area contributed by atoms with Crippen LogP contribution >= 0.6 is 12.4 Å². The van der Waals surface area contributed by atoms with Crippen molar-refractivity contribution in [1.82, 2.24) is 5.32 Å². The Bertz CT molecular complexity index is 421. The number of hydrogen-bond donors (Lipinski definition) is 2. The van der Waals surface area contributed by atoms with Crippen molar-refractivity contribution in [2.45, 2.75) is 32.4 Å². The number of non-ortho nitro benzene ring substituents is 1. The first-order valence-electron chi connectivity index (χ1n) is 5.74. The molecule has 7 heteroatoms. The number of nitrogens with zero attached hydrogens (tertiary/aromatic N) is 1. The molecular weight excluding hydrogens is 270 g/mol. The molecule has 0 spiro atoms. The van der Waals surface area contributed by atoms with Gasteiger partial charge in [0.1, 0.15) is 0 Å². The van der Waals surface area contributed by atoms with Crippen molar-refractivity contribution in [2.75, 3.05) is 0 Å². The monoisotopic (exact) mass is 287 g/mol. The average molecular weight is 288 g/mol. The Morgan fingerprint density at radius 1 is 1.42 bits per heavy atom. The highest BCUT2D eigenvalue weighted by Gasteiger charge is 2.06. The second-order valence-electron chi connectivity index (χ2n) is 4.22. The van der Waals surface area contributed by atoms with Crippen molar-refractivity contribution in [1.29, 1.82) is 0 Å². The summed E-state index contributed by atoms with van der Waals surface area (Å²) in [4.78, 5) is 21.4. The molecule has 0 aliphatic carbocycles. The number of rotatable bonds is 6. The average Bonchev–Trinajstić information content (AvgIpc) is 2.34. The first kappa shape index (κ1) is 17.3. The summed E-state index contributed by atoms with van der Waals surface area (Å²) in [6, 6.07) is 6.11. The van der Waals surface area contributed by atoms with Gasteiger partial charge >= 0.3 is 0 Å². The van der Waals surface area contributed by atoms with Gasteiger partial charge in [0, 0.05) is 31.1 Å². The molecule has 1 unspecified atom stereocenters. The van der Waals surface area contributed by atoms with Crippen LogP contribution in [0, 0.1) is 10.1 Å². The lowest BCUT2D eigenvalue weighted by Gasteiger charge is -2.06. The molecule has 1 rings (SSSR count). The molecule has 1 amide bonds. The van der Waals surface area contributed by atoms with Crippen LogP contribution in [0.2, 0.25) is 0 Å². The number of carbonyl (C=O) groups is 1. The third-order valence-electron chi connectivity index (χ3n) is 2.46. The minimum absolute atomic E-state index is 0. The number of halogens is 1. The van der Waals surface area contributed by atoms with E-state index in [1.165, 1.54) is 12.1 Å². The smallest absolute Gasteiger partial charge is 0.269 e. The summed E-state index contributed by atoms with van der Waals surface area (Å²) in [6.07, 6.45) is 1.04. The summed E-state index contributed by atoms with van der Waals surface area (Å²) in [5.74, 6) is -0.0642. The van der Waals surface area contributed by atoms with E-state index in [9.17, 15) is 14.9 Å². The molecule has 0 aliphatic heterocycles. The second kappa shape index (κ2) is 8.44. The highest BCUT2D eigenvalue weighted by molar-refractivity contribution is 5.85. The maximum atomic E-state index is 11.4. The Labute approximate surface area is 117 Å². The van der Waals surface area contributed by atoms with E-state index in [-0.39, 0.29) is 30.0 Å². The summed E-state index contributed by atoms with van der Waals surface area (Å²) in [6.45, 7) is 2.22. The normalized spacial score (nSPS) is 11.3. The van der Waals surface area contributed by atoms with Crippen molar-refractivity contribution in [3.63, 3.8) is 0 Å². The van der Waals surface area contributed by atoms with Crippen LogP contribution in [-0.2, 0) is 11.3 Å². The summed E-state index contributed by atoms with van der Waals surface area (Å²) in [5, 5.41) is 13.2. The van der Waals surface area contributed by atoms with Crippen LogP contribution < -0.4 is 11.1 Å². The molecule has 0 bridgehead atoms. The minimum atomic E-state index is -0.453. The number of nitrogens with one attached hydrogen (secondary N) is 1. The van der Waals surface area contributed by atoms with Gasteiger partial charge in [0.05, 0.1) is 4.92 Å². The van der Waals surface area contributed by atoms with Gasteiger partial charge in [-0.2, -0.15) is 0 Å². The molecule has 0 aliphatic rings. The zero-order valence-electron chi connectivity index (χ0n) is 10.7. The molecular formula is C12H18ClN3O3. The molecule has 19 heavy (non-hydrogen) atoms. The van der Waals surface area contributed by atoms with Crippen molar-refractivity contribution in [2.24, 2.45) is 5.73 Å². The van der Waals surface area contributed by atoms with Gasteiger partial charge in [-0.15, -0.1) is 12.4 Å². The molecule has 106 valence electrons. The quantitative estimate of drug-likeness (QED) is 0.615. The van der Waals surface area contributed by atoms with Crippen molar-refractivity contribution in [3.05, 3.63) is 39.9 Å². The van der Waals surface area contributed by atoms with E-state index in [4.69, 9.17) is 5.73 Å². The fourth-order valence-corrected chi connectivity index (χ4v) is 1.38. The van der Waals surface area contributed by atoms with Gasteiger partial charge in [-0.3, -0.25) is 14.9 Å². The molecule has 3 N–H and O–H groups in total. The van der Waals surface area contributed by atoms with Gasteiger partial charge in [-0.05, 0) is 18.9 Å². The van der Waals surface area contributed by atoms with Crippen LogP contribution in [0.15, 0.2) is 24.3 Å². The summed E-state index contributed by atoms with van der Waals surface area (Å²) in [5.41, 5.74) is 6.42. The SMILES string of the molecule is CC(N)CCC(=O)NCc1ccc([N+](=O)[O-])cc1.Cl. The predicted molar refractivity (Wildman–Crippen MR) is 75.1 cm³/mol. The summed E-state index contributed by atoms with van der Waals surface area (Å²) >= 11 is 0. The van der Waals surface area contributed by atoms with E-state index >= 15 is 0 Å². The lowest BCUT2D eigenvalue weighted by molar-refractivity contribution is -0.384. The van der Waals surface area contributed by atoms with Crippen LogP contribution in [0.4, 0.5) is 5.69 Å². The molecule has 0 saturated carbocycles.